The summed E-state index contributed by atoms with van der Waals surface area (Å²) in [6.45, 7) is 6.19. The number of non-ortho nitro benzene ring substituents is 1. The number of allylic oxidation sites excluding steroid dienone is 2. The molecule has 2 heterocycles. The van der Waals surface area contributed by atoms with Crippen LogP contribution in [0, 0.1) is 10.1 Å². The van der Waals surface area contributed by atoms with Gasteiger partial charge in [0, 0.05) is 30.1 Å². The minimum absolute atomic E-state index is 0.0190. The van der Waals surface area contributed by atoms with E-state index in [1.807, 2.05) is 31.2 Å². The van der Waals surface area contributed by atoms with Crippen LogP contribution in [0.1, 0.15) is 57.1 Å². The van der Waals surface area contributed by atoms with Gasteiger partial charge >= 0.3 is 11.9 Å². The minimum Gasteiger partial charge on any atom is -0.490 e. The molecule has 0 radical (unpaired) electrons. The van der Waals surface area contributed by atoms with Gasteiger partial charge in [0.05, 0.1) is 35.2 Å². The van der Waals surface area contributed by atoms with Gasteiger partial charge in [0.25, 0.3) is 5.69 Å². The normalized spacial score (nSPS) is 19.3. The second-order valence-electron chi connectivity index (χ2n) is 10.6. The van der Waals surface area contributed by atoms with Crippen molar-refractivity contribution in [1.82, 2.24) is 5.32 Å². The third-order valence-corrected chi connectivity index (χ3v) is 7.35. The summed E-state index contributed by atoms with van der Waals surface area (Å²) in [5, 5.41) is 14.5. The van der Waals surface area contributed by atoms with Crippen LogP contribution in [0.4, 0.5) is 5.69 Å². The van der Waals surface area contributed by atoms with Crippen molar-refractivity contribution in [3.63, 3.8) is 0 Å². The van der Waals surface area contributed by atoms with Crippen molar-refractivity contribution in [1.29, 1.82) is 0 Å². The first-order valence-electron chi connectivity index (χ1n) is 14.3. The Morgan fingerprint density at radius 2 is 1.77 bits per heavy atom. The van der Waals surface area contributed by atoms with Crippen LogP contribution >= 0.6 is 0 Å². The van der Waals surface area contributed by atoms with Gasteiger partial charge in [0.2, 0.25) is 0 Å². The highest BCUT2D eigenvalue weighted by Crippen LogP contribution is 2.40. The quantitative estimate of drug-likeness (QED) is 0.153. The third-order valence-electron chi connectivity index (χ3n) is 7.35. The van der Waals surface area contributed by atoms with Gasteiger partial charge in [-0.2, -0.15) is 0 Å². The summed E-state index contributed by atoms with van der Waals surface area (Å²) in [6, 6.07) is 13.5. The Morgan fingerprint density at radius 1 is 1.05 bits per heavy atom. The van der Waals surface area contributed by atoms with Crippen LogP contribution in [-0.4, -0.2) is 56.2 Å². The lowest BCUT2D eigenvalue weighted by Crippen LogP contribution is -2.32. The molecule has 11 nitrogen and oxygen atoms in total. The number of methoxy groups -OCH3 is 1. The molecule has 4 rings (SSSR count). The van der Waals surface area contributed by atoms with Crippen LogP contribution in [0.2, 0.25) is 0 Å². The molecule has 43 heavy (non-hydrogen) atoms. The highest BCUT2D eigenvalue weighted by atomic mass is 16.7. The lowest BCUT2D eigenvalue weighted by Gasteiger charge is -2.30. The second kappa shape index (κ2) is 14.8. The van der Waals surface area contributed by atoms with E-state index in [4.69, 9.17) is 23.7 Å². The molecule has 11 heteroatoms. The van der Waals surface area contributed by atoms with Crippen molar-refractivity contribution in [3.8, 4) is 5.75 Å². The predicted molar refractivity (Wildman–Crippen MR) is 157 cm³/mol. The molecule has 2 aromatic carbocycles. The highest BCUT2D eigenvalue weighted by Gasteiger charge is 2.38. The van der Waals surface area contributed by atoms with E-state index in [9.17, 15) is 19.7 Å². The zero-order valence-electron chi connectivity index (χ0n) is 24.9. The van der Waals surface area contributed by atoms with Crippen LogP contribution in [0.15, 0.2) is 71.1 Å². The van der Waals surface area contributed by atoms with Crippen molar-refractivity contribution >= 4 is 17.6 Å². The number of nitrogens with one attached hydrogen (secondary N) is 1. The van der Waals surface area contributed by atoms with E-state index >= 15 is 0 Å². The molecule has 1 N–H and O–H groups in total. The Kier molecular flexibility index (Phi) is 10.9. The number of benzene rings is 2. The summed E-state index contributed by atoms with van der Waals surface area (Å²) in [7, 11) is 1.24. The molecular formula is C32H38N2O9. The third kappa shape index (κ3) is 8.20. The Bertz CT molecular complexity index is 1380. The molecule has 230 valence electrons. The molecule has 1 saturated heterocycles. The average Bonchev–Trinajstić information content (AvgIpc) is 2.99. The monoisotopic (exact) mass is 594 g/mol. The smallest absolute Gasteiger partial charge is 0.336 e. The summed E-state index contributed by atoms with van der Waals surface area (Å²) in [6.07, 6.45) is 3.76. The maximum Gasteiger partial charge on any atom is 0.336 e. The molecule has 1 fully saturated rings. The van der Waals surface area contributed by atoms with Gasteiger partial charge < -0.3 is 29.0 Å². The maximum atomic E-state index is 13.4. The van der Waals surface area contributed by atoms with E-state index in [0.717, 1.165) is 37.9 Å². The number of dihydropyridines is 1. The molecule has 2 aliphatic heterocycles. The number of nitro groups is 1. The molecule has 0 bridgehead atoms. The Hall–Kier alpha value is -4.22. The molecule has 2 aromatic rings. The van der Waals surface area contributed by atoms with Gasteiger partial charge in [-0.15, -0.1) is 0 Å². The summed E-state index contributed by atoms with van der Waals surface area (Å²) in [4.78, 5) is 37.1. The lowest BCUT2D eigenvalue weighted by atomic mass is 9.80. The number of carbonyl (C=O) groups excluding carboxylic acids is 2. The number of nitro benzene ring substituents is 1. The van der Waals surface area contributed by atoms with E-state index < -0.39 is 22.8 Å². The molecule has 0 saturated carbocycles. The minimum atomic E-state index is -0.925. The number of rotatable bonds is 12. The van der Waals surface area contributed by atoms with E-state index in [0.29, 0.717) is 22.7 Å². The Labute approximate surface area is 250 Å². The molecule has 0 spiro atoms. The Balaban J connectivity index is 1.37. The summed E-state index contributed by atoms with van der Waals surface area (Å²) in [5.74, 6) is -1.63. The summed E-state index contributed by atoms with van der Waals surface area (Å²) < 4.78 is 28.0. The molecule has 2 unspecified atom stereocenters. The summed E-state index contributed by atoms with van der Waals surface area (Å²) in [5.41, 5.74) is 2.61. The fraction of sp³-hybridized carbons (Fsp3) is 0.438. The molecular weight excluding hydrogens is 556 g/mol. The number of hydrogen-bond acceptors (Lipinski definition) is 10. The molecule has 0 aliphatic carbocycles. The topological polar surface area (TPSA) is 135 Å². The van der Waals surface area contributed by atoms with Crippen molar-refractivity contribution in [3.05, 3.63) is 92.3 Å². The zero-order valence-corrected chi connectivity index (χ0v) is 24.9. The number of ether oxygens (including phenoxy) is 5. The number of nitrogens with zero attached hydrogens (tertiary/aromatic N) is 1. The van der Waals surface area contributed by atoms with Crippen molar-refractivity contribution in [2.75, 3.05) is 26.9 Å². The standard InChI is InChI=1S/C32H38N2O9/c1-20(43-27-10-5-6-15-41-27)18-23-11-13-26(14-12-23)40-16-17-42-32(36)29-22(3)33-21(2)28(31(35)39-4)30(29)24-8-7-9-25(19-24)34(37)38/h7-9,11-14,19-20,27,30,33H,5-6,10,15-18H2,1-4H3/t20?,27?,30-/m0/s1. The van der Waals surface area contributed by atoms with Crippen molar-refractivity contribution in [2.45, 2.75) is 64.8 Å². The van der Waals surface area contributed by atoms with E-state index in [1.54, 1.807) is 19.9 Å². The van der Waals surface area contributed by atoms with Gasteiger partial charge in [0.15, 0.2) is 6.29 Å². The van der Waals surface area contributed by atoms with E-state index in [-0.39, 0.29) is 42.4 Å². The lowest BCUT2D eigenvalue weighted by molar-refractivity contribution is -0.384. The van der Waals surface area contributed by atoms with Crippen LogP contribution in [0.5, 0.6) is 5.75 Å². The zero-order chi connectivity index (χ0) is 30.9. The maximum absolute atomic E-state index is 13.4. The average molecular weight is 595 g/mol. The fourth-order valence-electron chi connectivity index (χ4n) is 5.35. The molecule has 0 aromatic heterocycles. The van der Waals surface area contributed by atoms with Crippen molar-refractivity contribution in [2.24, 2.45) is 0 Å². The number of carbonyl (C=O) groups is 2. The first kappa shape index (κ1) is 31.7. The predicted octanol–water partition coefficient (Wildman–Crippen LogP) is 5.10. The SMILES string of the molecule is COC(=O)C1=C(C)NC(C)=C(C(=O)OCCOc2ccc(CC(C)OC3CCCCO3)cc2)[C@H]1c1cccc([N+](=O)[O-])c1. The van der Waals surface area contributed by atoms with Crippen LogP contribution in [0.25, 0.3) is 0 Å². The van der Waals surface area contributed by atoms with Gasteiger partial charge in [-0.1, -0.05) is 24.3 Å². The van der Waals surface area contributed by atoms with Crippen LogP contribution < -0.4 is 10.1 Å². The van der Waals surface area contributed by atoms with Gasteiger partial charge in [-0.3, -0.25) is 10.1 Å². The Morgan fingerprint density at radius 3 is 2.42 bits per heavy atom. The number of esters is 2. The first-order chi connectivity index (χ1) is 20.7. The van der Waals surface area contributed by atoms with Crippen LogP contribution in [0.3, 0.4) is 0 Å². The first-order valence-corrected chi connectivity index (χ1v) is 14.3. The highest BCUT2D eigenvalue weighted by molar-refractivity contribution is 5.99. The molecule has 3 atom stereocenters. The second-order valence-corrected chi connectivity index (χ2v) is 10.6. The van der Waals surface area contributed by atoms with Crippen LogP contribution in [-0.2, 0) is 35.0 Å². The van der Waals surface area contributed by atoms with Gasteiger partial charge in [-0.25, -0.2) is 9.59 Å². The number of hydrogen-bond donors (Lipinski definition) is 1. The summed E-state index contributed by atoms with van der Waals surface area (Å²) >= 11 is 0. The van der Waals surface area contributed by atoms with Gasteiger partial charge in [-0.05, 0) is 69.7 Å². The fourth-order valence-corrected chi connectivity index (χ4v) is 5.35. The molecule has 0 amide bonds. The van der Waals surface area contributed by atoms with Gasteiger partial charge in [0.1, 0.15) is 19.0 Å². The van der Waals surface area contributed by atoms with E-state index in [2.05, 4.69) is 5.32 Å². The molecule has 2 aliphatic rings. The van der Waals surface area contributed by atoms with Crippen molar-refractivity contribution < 1.29 is 38.2 Å². The largest absolute Gasteiger partial charge is 0.490 e. The van der Waals surface area contributed by atoms with E-state index in [1.165, 1.54) is 25.3 Å².